The maximum absolute atomic E-state index is 13.3. The number of H-pyrrole nitrogens is 1. The number of aliphatic hydroxyl groups excluding tert-OH is 1. The monoisotopic (exact) mass is 255 g/mol. The summed E-state index contributed by atoms with van der Waals surface area (Å²) in [4.78, 5) is 3.12. The van der Waals surface area contributed by atoms with Crippen LogP contribution < -0.4 is 0 Å². The van der Waals surface area contributed by atoms with E-state index in [1.807, 2.05) is 30.5 Å². The Balaban J connectivity index is 2.10. The molecule has 0 amide bonds. The van der Waals surface area contributed by atoms with Gasteiger partial charge in [-0.25, -0.2) is 4.39 Å². The van der Waals surface area contributed by atoms with Crippen LogP contribution in [-0.4, -0.2) is 10.1 Å². The highest BCUT2D eigenvalue weighted by Crippen LogP contribution is 2.29. The van der Waals surface area contributed by atoms with Crippen LogP contribution in [0.3, 0.4) is 0 Å². The van der Waals surface area contributed by atoms with E-state index >= 15 is 0 Å². The Labute approximate surface area is 110 Å². The molecule has 2 aromatic carbocycles. The Morgan fingerprint density at radius 2 is 2.00 bits per heavy atom. The molecule has 0 radical (unpaired) electrons. The highest BCUT2D eigenvalue weighted by atomic mass is 19.1. The topological polar surface area (TPSA) is 36.0 Å². The number of nitrogens with one attached hydrogen (secondary N) is 1. The average Bonchev–Trinajstić information content (AvgIpc) is 2.89. The summed E-state index contributed by atoms with van der Waals surface area (Å²) in [6, 6.07) is 12.4. The normalized spacial score (nSPS) is 12.8. The molecule has 3 aromatic rings. The Kier molecular flexibility index (Phi) is 2.84. The van der Waals surface area contributed by atoms with Gasteiger partial charge in [0.25, 0.3) is 0 Å². The van der Waals surface area contributed by atoms with E-state index in [4.69, 9.17) is 0 Å². The van der Waals surface area contributed by atoms with Crippen molar-refractivity contribution in [3.05, 3.63) is 71.2 Å². The highest BCUT2D eigenvalue weighted by Gasteiger charge is 2.14. The van der Waals surface area contributed by atoms with E-state index in [0.717, 1.165) is 16.5 Å². The minimum absolute atomic E-state index is 0.254. The predicted octanol–water partition coefficient (Wildman–Crippen LogP) is 3.70. The maximum atomic E-state index is 13.3. The van der Waals surface area contributed by atoms with Crippen molar-refractivity contribution in [2.24, 2.45) is 0 Å². The number of fused-ring (bicyclic) bond motifs is 1. The SMILES string of the molecule is Cc1cc(C(O)c2cccc3[nH]ccc23)ccc1F. The molecule has 0 aliphatic heterocycles. The molecule has 19 heavy (non-hydrogen) atoms. The van der Waals surface area contributed by atoms with E-state index in [9.17, 15) is 9.50 Å². The van der Waals surface area contributed by atoms with Crippen LogP contribution in [0.5, 0.6) is 0 Å². The third-order valence-corrected chi connectivity index (χ3v) is 3.42. The van der Waals surface area contributed by atoms with Gasteiger partial charge in [-0.2, -0.15) is 0 Å². The number of benzene rings is 2. The van der Waals surface area contributed by atoms with E-state index in [-0.39, 0.29) is 5.82 Å². The molecule has 1 unspecified atom stereocenters. The number of aromatic amines is 1. The highest BCUT2D eigenvalue weighted by molar-refractivity contribution is 5.83. The second kappa shape index (κ2) is 4.52. The van der Waals surface area contributed by atoms with Crippen LogP contribution >= 0.6 is 0 Å². The first-order chi connectivity index (χ1) is 9.16. The van der Waals surface area contributed by atoms with E-state index in [1.54, 1.807) is 19.1 Å². The lowest BCUT2D eigenvalue weighted by Crippen LogP contribution is -2.01. The fourth-order valence-corrected chi connectivity index (χ4v) is 2.37. The van der Waals surface area contributed by atoms with Gasteiger partial charge in [-0.15, -0.1) is 0 Å². The first-order valence-corrected chi connectivity index (χ1v) is 6.17. The van der Waals surface area contributed by atoms with Crippen LogP contribution in [0.4, 0.5) is 4.39 Å². The molecular formula is C16H14FNO. The van der Waals surface area contributed by atoms with Crippen LogP contribution in [0, 0.1) is 12.7 Å². The van der Waals surface area contributed by atoms with Crippen LogP contribution in [-0.2, 0) is 0 Å². The van der Waals surface area contributed by atoms with Gasteiger partial charge in [-0.05, 0) is 41.8 Å². The summed E-state index contributed by atoms with van der Waals surface area (Å²) < 4.78 is 13.3. The van der Waals surface area contributed by atoms with E-state index in [1.165, 1.54) is 6.07 Å². The maximum Gasteiger partial charge on any atom is 0.126 e. The molecule has 0 aliphatic rings. The summed E-state index contributed by atoms with van der Waals surface area (Å²) in [5.41, 5.74) is 3.05. The fourth-order valence-electron chi connectivity index (χ4n) is 2.37. The number of aryl methyl sites for hydroxylation is 1. The van der Waals surface area contributed by atoms with Gasteiger partial charge in [-0.3, -0.25) is 0 Å². The lowest BCUT2D eigenvalue weighted by atomic mass is 9.97. The molecule has 0 fully saturated rings. The summed E-state index contributed by atoms with van der Waals surface area (Å²) in [7, 11) is 0. The molecule has 3 heteroatoms. The minimum Gasteiger partial charge on any atom is -0.384 e. The van der Waals surface area contributed by atoms with Crippen LogP contribution in [0.25, 0.3) is 10.9 Å². The molecule has 0 spiro atoms. The van der Waals surface area contributed by atoms with Gasteiger partial charge >= 0.3 is 0 Å². The molecule has 0 saturated heterocycles. The third-order valence-electron chi connectivity index (χ3n) is 3.42. The van der Waals surface area contributed by atoms with Crippen molar-refractivity contribution in [3.63, 3.8) is 0 Å². The van der Waals surface area contributed by atoms with Crippen LogP contribution in [0.2, 0.25) is 0 Å². The van der Waals surface area contributed by atoms with Crippen LogP contribution in [0.15, 0.2) is 48.7 Å². The molecule has 1 heterocycles. The molecule has 0 aliphatic carbocycles. The van der Waals surface area contributed by atoms with Crippen molar-refractivity contribution in [1.82, 2.24) is 4.98 Å². The Hall–Kier alpha value is -2.13. The number of rotatable bonds is 2. The molecule has 2 nitrogen and oxygen atoms in total. The molecule has 96 valence electrons. The van der Waals surface area contributed by atoms with Gasteiger partial charge in [0.1, 0.15) is 11.9 Å². The van der Waals surface area contributed by atoms with Gasteiger partial charge in [0.05, 0.1) is 0 Å². The van der Waals surface area contributed by atoms with Gasteiger partial charge in [0, 0.05) is 17.1 Å². The van der Waals surface area contributed by atoms with E-state index in [0.29, 0.717) is 11.1 Å². The number of hydrogen-bond acceptors (Lipinski definition) is 1. The molecule has 0 bridgehead atoms. The van der Waals surface area contributed by atoms with Crippen molar-refractivity contribution in [2.45, 2.75) is 13.0 Å². The zero-order valence-electron chi connectivity index (χ0n) is 10.5. The number of aromatic nitrogens is 1. The zero-order valence-corrected chi connectivity index (χ0v) is 10.5. The standard InChI is InChI=1S/C16H14FNO/c1-10-9-11(5-6-14(10)17)16(19)13-3-2-4-15-12(13)7-8-18-15/h2-9,16,18-19H,1H3. The fraction of sp³-hybridized carbons (Fsp3) is 0.125. The number of aliphatic hydroxyl groups is 1. The largest absolute Gasteiger partial charge is 0.384 e. The Bertz CT molecular complexity index is 732. The molecular weight excluding hydrogens is 241 g/mol. The van der Waals surface area contributed by atoms with Gasteiger partial charge in [-0.1, -0.05) is 24.3 Å². The van der Waals surface area contributed by atoms with E-state index in [2.05, 4.69) is 4.98 Å². The molecule has 2 N–H and O–H groups in total. The van der Waals surface area contributed by atoms with E-state index < -0.39 is 6.10 Å². The number of halogens is 1. The first-order valence-electron chi connectivity index (χ1n) is 6.17. The van der Waals surface area contributed by atoms with Crippen molar-refractivity contribution < 1.29 is 9.50 Å². The predicted molar refractivity (Wildman–Crippen MR) is 73.5 cm³/mol. The molecule has 3 rings (SSSR count). The number of hydrogen-bond donors (Lipinski definition) is 2. The quantitative estimate of drug-likeness (QED) is 0.719. The lowest BCUT2D eigenvalue weighted by molar-refractivity contribution is 0.221. The summed E-state index contributed by atoms with van der Waals surface area (Å²) >= 11 is 0. The summed E-state index contributed by atoms with van der Waals surface area (Å²) in [6.07, 6.45) is 1.09. The lowest BCUT2D eigenvalue weighted by Gasteiger charge is -2.13. The second-order valence-corrected chi connectivity index (χ2v) is 4.70. The summed E-state index contributed by atoms with van der Waals surface area (Å²) in [5, 5.41) is 11.5. The van der Waals surface area contributed by atoms with Gasteiger partial charge in [0.2, 0.25) is 0 Å². The zero-order chi connectivity index (χ0) is 13.4. The summed E-state index contributed by atoms with van der Waals surface area (Å²) in [6.45, 7) is 1.70. The Morgan fingerprint density at radius 3 is 2.79 bits per heavy atom. The molecule has 0 saturated carbocycles. The van der Waals surface area contributed by atoms with Gasteiger partial charge in [0.15, 0.2) is 0 Å². The first kappa shape index (κ1) is 11.9. The van der Waals surface area contributed by atoms with Crippen molar-refractivity contribution >= 4 is 10.9 Å². The molecule has 1 atom stereocenters. The third kappa shape index (κ3) is 2.02. The van der Waals surface area contributed by atoms with Crippen molar-refractivity contribution in [1.29, 1.82) is 0 Å². The van der Waals surface area contributed by atoms with Gasteiger partial charge < -0.3 is 10.1 Å². The van der Waals surface area contributed by atoms with Crippen LogP contribution in [0.1, 0.15) is 22.8 Å². The average molecular weight is 255 g/mol. The van der Waals surface area contributed by atoms with Crippen molar-refractivity contribution in [3.8, 4) is 0 Å². The summed E-state index contributed by atoms with van der Waals surface area (Å²) in [5.74, 6) is -0.254. The second-order valence-electron chi connectivity index (χ2n) is 4.70. The Morgan fingerprint density at radius 1 is 1.16 bits per heavy atom. The minimum atomic E-state index is -0.751. The molecule has 1 aromatic heterocycles. The smallest absolute Gasteiger partial charge is 0.126 e. The van der Waals surface area contributed by atoms with Crippen molar-refractivity contribution in [2.75, 3.05) is 0 Å².